The molecule has 0 bridgehead atoms. The molecule has 1 aromatic heterocycles. The predicted molar refractivity (Wildman–Crippen MR) is 77.1 cm³/mol. The van der Waals surface area contributed by atoms with Crippen LogP contribution in [0.2, 0.25) is 0 Å². The molecule has 0 amide bonds. The SMILES string of the molecule is Cc1ccc2c3c(sc2c1)CCCCCCC3. The van der Waals surface area contributed by atoms with Crippen LogP contribution in [-0.4, -0.2) is 0 Å². The van der Waals surface area contributed by atoms with Crippen LogP contribution in [0.25, 0.3) is 10.1 Å². The van der Waals surface area contributed by atoms with Crippen LogP contribution in [0.4, 0.5) is 0 Å². The van der Waals surface area contributed by atoms with Gasteiger partial charge in [-0.25, -0.2) is 0 Å². The highest BCUT2D eigenvalue weighted by atomic mass is 32.1. The Hall–Kier alpha value is -0.820. The molecule has 1 aliphatic carbocycles. The molecule has 90 valence electrons. The quantitative estimate of drug-likeness (QED) is 0.593. The summed E-state index contributed by atoms with van der Waals surface area (Å²) in [6, 6.07) is 6.97. The average molecular weight is 244 g/mol. The first-order valence-corrected chi connectivity index (χ1v) is 7.67. The lowest BCUT2D eigenvalue weighted by Crippen LogP contribution is -1.88. The Balaban J connectivity index is 2.08. The minimum absolute atomic E-state index is 1.30. The van der Waals surface area contributed by atoms with E-state index in [1.54, 1.807) is 10.4 Å². The number of hydrogen-bond donors (Lipinski definition) is 0. The van der Waals surface area contributed by atoms with Gasteiger partial charge in [-0.2, -0.15) is 0 Å². The minimum atomic E-state index is 1.30. The van der Waals surface area contributed by atoms with Gasteiger partial charge in [0.15, 0.2) is 0 Å². The van der Waals surface area contributed by atoms with Gasteiger partial charge in [0, 0.05) is 9.58 Å². The van der Waals surface area contributed by atoms with Gasteiger partial charge in [0.25, 0.3) is 0 Å². The molecule has 0 fully saturated rings. The van der Waals surface area contributed by atoms with Crippen molar-refractivity contribution < 1.29 is 0 Å². The smallest absolute Gasteiger partial charge is 0.0351 e. The molecule has 0 nitrogen and oxygen atoms in total. The molecule has 3 rings (SSSR count). The van der Waals surface area contributed by atoms with E-state index in [0.29, 0.717) is 0 Å². The standard InChI is InChI=1S/C16H20S/c1-12-9-10-14-13-7-5-3-2-4-6-8-15(13)17-16(14)11-12/h9-11H,2-8H2,1H3. The Kier molecular flexibility index (Phi) is 3.19. The van der Waals surface area contributed by atoms with Gasteiger partial charge in [-0.1, -0.05) is 31.4 Å². The van der Waals surface area contributed by atoms with Crippen molar-refractivity contribution in [1.29, 1.82) is 0 Å². The Morgan fingerprint density at radius 2 is 1.71 bits per heavy atom. The molecule has 0 spiro atoms. The minimum Gasteiger partial charge on any atom is -0.140 e. The second-order valence-corrected chi connectivity index (χ2v) is 6.41. The highest BCUT2D eigenvalue weighted by Crippen LogP contribution is 2.35. The first kappa shape index (κ1) is 11.3. The first-order chi connectivity index (χ1) is 8.34. The molecule has 0 radical (unpaired) electrons. The van der Waals surface area contributed by atoms with Gasteiger partial charge in [-0.05, 0) is 55.2 Å². The van der Waals surface area contributed by atoms with Crippen LogP contribution < -0.4 is 0 Å². The Bertz CT molecular complexity index is 522. The maximum absolute atomic E-state index is 2.36. The largest absolute Gasteiger partial charge is 0.140 e. The fourth-order valence-electron chi connectivity index (χ4n) is 2.90. The summed E-state index contributed by atoms with van der Waals surface area (Å²) < 4.78 is 1.51. The summed E-state index contributed by atoms with van der Waals surface area (Å²) in [5.41, 5.74) is 3.07. The van der Waals surface area contributed by atoms with E-state index in [1.165, 1.54) is 60.6 Å². The average Bonchev–Trinajstić information content (AvgIpc) is 2.68. The fraction of sp³-hybridized carbons (Fsp3) is 0.500. The zero-order valence-electron chi connectivity index (χ0n) is 10.6. The summed E-state index contributed by atoms with van der Waals surface area (Å²) in [5, 5.41) is 1.54. The van der Waals surface area contributed by atoms with Crippen LogP contribution >= 0.6 is 11.3 Å². The Morgan fingerprint density at radius 1 is 0.941 bits per heavy atom. The molecule has 1 aliphatic rings. The molecule has 0 unspecified atom stereocenters. The molecule has 0 saturated heterocycles. The van der Waals surface area contributed by atoms with Gasteiger partial charge in [0.05, 0.1) is 0 Å². The van der Waals surface area contributed by atoms with Gasteiger partial charge < -0.3 is 0 Å². The van der Waals surface area contributed by atoms with Crippen LogP contribution in [0.3, 0.4) is 0 Å². The van der Waals surface area contributed by atoms with Crippen molar-refractivity contribution in [3.8, 4) is 0 Å². The van der Waals surface area contributed by atoms with Gasteiger partial charge in [0.1, 0.15) is 0 Å². The lowest BCUT2D eigenvalue weighted by Gasteiger charge is -2.01. The van der Waals surface area contributed by atoms with Crippen LogP contribution in [-0.2, 0) is 12.8 Å². The topological polar surface area (TPSA) is 0 Å². The fourth-order valence-corrected chi connectivity index (χ4v) is 4.29. The number of hydrogen-bond acceptors (Lipinski definition) is 1. The monoisotopic (exact) mass is 244 g/mol. The van der Waals surface area contributed by atoms with Crippen molar-refractivity contribution in [2.75, 3.05) is 0 Å². The summed E-state index contributed by atoms with van der Waals surface area (Å²) in [6.45, 7) is 2.20. The van der Waals surface area contributed by atoms with E-state index in [-0.39, 0.29) is 0 Å². The second kappa shape index (κ2) is 4.81. The lowest BCUT2D eigenvalue weighted by atomic mass is 10.0. The lowest BCUT2D eigenvalue weighted by molar-refractivity contribution is 0.630. The molecule has 2 aromatic rings. The maximum atomic E-state index is 2.36. The van der Waals surface area contributed by atoms with E-state index in [9.17, 15) is 0 Å². The molecular weight excluding hydrogens is 224 g/mol. The van der Waals surface area contributed by atoms with Crippen molar-refractivity contribution >= 4 is 21.4 Å². The van der Waals surface area contributed by atoms with E-state index >= 15 is 0 Å². The van der Waals surface area contributed by atoms with E-state index in [2.05, 4.69) is 25.1 Å². The zero-order chi connectivity index (χ0) is 11.7. The maximum Gasteiger partial charge on any atom is 0.0351 e. The molecule has 0 saturated carbocycles. The summed E-state index contributed by atoms with van der Waals surface area (Å²) in [7, 11) is 0. The van der Waals surface area contributed by atoms with Crippen molar-refractivity contribution in [3.63, 3.8) is 0 Å². The van der Waals surface area contributed by atoms with Crippen molar-refractivity contribution in [2.24, 2.45) is 0 Å². The highest BCUT2D eigenvalue weighted by molar-refractivity contribution is 7.19. The Morgan fingerprint density at radius 3 is 2.59 bits per heavy atom. The Labute approximate surface area is 108 Å². The van der Waals surface area contributed by atoms with Crippen LogP contribution in [0.15, 0.2) is 18.2 Å². The van der Waals surface area contributed by atoms with Crippen LogP contribution in [0.1, 0.15) is 48.1 Å². The number of aryl methyl sites for hydroxylation is 3. The van der Waals surface area contributed by atoms with Crippen LogP contribution in [0.5, 0.6) is 0 Å². The molecule has 1 aromatic carbocycles. The third-order valence-corrected chi connectivity index (χ3v) is 5.12. The van der Waals surface area contributed by atoms with Crippen molar-refractivity contribution in [2.45, 2.75) is 51.9 Å². The van der Waals surface area contributed by atoms with E-state index in [0.717, 1.165) is 0 Å². The van der Waals surface area contributed by atoms with Crippen molar-refractivity contribution in [3.05, 3.63) is 34.2 Å². The predicted octanol–water partition coefficient (Wildman–Crippen LogP) is 5.26. The number of rotatable bonds is 0. The normalized spacial score (nSPS) is 17.2. The molecule has 0 N–H and O–H groups in total. The van der Waals surface area contributed by atoms with E-state index in [4.69, 9.17) is 0 Å². The van der Waals surface area contributed by atoms with Gasteiger partial charge in [0.2, 0.25) is 0 Å². The number of thiophene rings is 1. The van der Waals surface area contributed by atoms with Crippen LogP contribution in [0, 0.1) is 6.92 Å². The van der Waals surface area contributed by atoms with E-state index < -0.39 is 0 Å². The summed E-state index contributed by atoms with van der Waals surface area (Å²) in [5.74, 6) is 0. The summed E-state index contributed by atoms with van der Waals surface area (Å²) in [6.07, 6.45) is 9.67. The molecule has 17 heavy (non-hydrogen) atoms. The van der Waals surface area contributed by atoms with Crippen molar-refractivity contribution in [1.82, 2.24) is 0 Å². The summed E-state index contributed by atoms with van der Waals surface area (Å²) >= 11 is 2.05. The molecule has 0 aliphatic heterocycles. The number of benzene rings is 1. The molecule has 1 heterocycles. The van der Waals surface area contributed by atoms with Gasteiger partial charge in [-0.15, -0.1) is 11.3 Å². The zero-order valence-corrected chi connectivity index (χ0v) is 11.4. The third-order valence-electron chi connectivity index (χ3n) is 3.86. The second-order valence-electron chi connectivity index (χ2n) is 5.27. The number of fused-ring (bicyclic) bond motifs is 3. The highest BCUT2D eigenvalue weighted by Gasteiger charge is 2.13. The molecule has 0 atom stereocenters. The van der Waals surface area contributed by atoms with E-state index in [1.807, 2.05) is 11.3 Å². The third kappa shape index (κ3) is 2.26. The molecular formula is C16H20S. The summed E-state index contributed by atoms with van der Waals surface area (Å²) in [4.78, 5) is 1.67. The molecule has 1 heteroatoms. The van der Waals surface area contributed by atoms with Gasteiger partial charge >= 0.3 is 0 Å². The van der Waals surface area contributed by atoms with Gasteiger partial charge in [-0.3, -0.25) is 0 Å². The first-order valence-electron chi connectivity index (χ1n) is 6.85.